The Hall–Kier alpha value is 0.310. The van der Waals surface area contributed by atoms with Crippen LogP contribution in [0.3, 0.4) is 0 Å². The Morgan fingerprint density at radius 1 is 1.06 bits per heavy atom. The van der Waals surface area contributed by atoms with Gasteiger partial charge in [-0.15, -0.1) is 0 Å². The van der Waals surface area contributed by atoms with Crippen LogP contribution in [0.15, 0.2) is 0 Å². The third kappa shape index (κ3) is 5.21. The predicted octanol–water partition coefficient (Wildman–Crippen LogP) is 4.38. The highest BCUT2D eigenvalue weighted by atomic mass is 32.1. The van der Waals surface area contributed by atoms with Gasteiger partial charge in [0.1, 0.15) is 0 Å². The van der Waals surface area contributed by atoms with E-state index in [0.29, 0.717) is 5.41 Å². The molecular formula is C15H31NS. The molecule has 0 unspecified atom stereocenters. The minimum atomic E-state index is 0.517. The Labute approximate surface area is 114 Å². The van der Waals surface area contributed by atoms with E-state index in [1.54, 1.807) is 0 Å². The molecule has 102 valence electrons. The third-order valence-corrected chi connectivity index (χ3v) is 5.00. The minimum absolute atomic E-state index is 0.517. The highest BCUT2D eigenvalue weighted by Crippen LogP contribution is 2.36. The summed E-state index contributed by atoms with van der Waals surface area (Å²) in [5.74, 6) is 1.08. The highest BCUT2D eigenvalue weighted by molar-refractivity contribution is 7.80. The first-order valence-corrected chi connectivity index (χ1v) is 8.23. The zero-order valence-electron chi connectivity index (χ0n) is 11.9. The summed E-state index contributed by atoms with van der Waals surface area (Å²) in [6.45, 7) is 8.36. The fraction of sp³-hybridized carbons (Fsp3) is 1.00. The molecule has 0 aromatic rings. The molecular weight excluding hydrogens is 226 g/mol. The average Bonchev–Trinajstić information content (AvgIpc) is 2.60. The van der Waals surface area contributed by atoms with Crippen LogP contribution in [0.5, 0.6) is 0 Å². The Morgan fingerprint density at radius 3 is 2.18 bits per heavy atom. The van der Waals surface area contributed by atoms with Crippen LogP contribution in [0.25, 0.3) is 0 Å². The molecule has 1 aliphatic rings. The number of thiol groups is 1. The van der Waals surface area contributed by atoms with Gasteiger partial charge in [0.15, 0.2) is 0 Å². The smallest absolute Gasteiger partial charge is 0.00457 e. The lowest BCUT2D eigenvalue weighted by molar-refractivity contribution is 0.154. The van der Waals surface area contributed by atoms with Crippen LogP contribution < -0.4 is 0 Å². The van der Waals surface area contributed by atoms with Crippen molar-refractivity contribution in [3.05, 3.63) is 0 Å². The SMILES string of the molecule is CCCCN(CC)CC1(CS)CCCCCC1. The van der Waals surface area contributed by atoms with Crippen molar-refractivity contribution in [2.45, 2.75) is 65.2 Å². The van der Waals surface area contributed by atoms with E-state index < -0.39 is 0 Å². The molecule has 0 aromatic heterocycles. The fourth-order valence-corrected chi connectivity index (χ4v) is 3.47. The van der Waals surface area contributed by atoms with Crippen LogP contribution in [0.4, 0.5) is 0 Å². The monoisotopic (exact) mass is 257 g/mol. The summed E-state index contributed by atoms with van der Waals surface area (Å²) >= 11 is 4.67. The van der Waals surface area contributed by atoms with Crippen molar-refractivity contribution in [3.63, 3.8) is 0 Å². The first kappa shape index (κ1) is 15.4. The molecule has 0 amide bonds. The van der Waals surface area contributed by atoms with Crippen LogP contribution in [-0.4, -0.2) is 30.3 Å². The fourth-order valence-electron chi connectivity index (χ4n) is 3.05. The Bertz CT molecular complexity index is 185. The Morgan fingerprint density at radius 2 is 1.71 bits per heavy atom. The summed E-state index contributed by atoms with van der Waals surface area (Å²) in [5.41, 5.74) is 0.517. The molecule has 0 spiro atoms. The molecule has 17 heavy (non-hydrogen) atoms. The molecule has 2 heteroatoms. The maximum Gasteiger partial charge on any atom is 0.00457 e. The van der Waals surface area contributed by atoms with Gasteiger partial charge in [-0.25, -0.2) is 0 Å². The lowest BCUT2D eigenvalue weighted by atomic mass is 9.81. The predicted molar refractivity (Wildman–Crippen MR) is 81.0 cm³/mol. The van der Waals surface area contributed by atoms with Crippen LogP contribution in [0.2, 0.25) is 0 Å². The van der Waals surface area contributed by atoms with Crippen molar-refractivity contribution >= 4 is 12.6 Å². The minimum Gasteiger partial charge on any atom is -0.303 e. The van der Waals surface area contributed by atoms with Gasteiger partial charge >= 0.3 is 0 Å². The van der Waals surface area contributed by atoms with Crippen LogP contribution in [0.1, 0.15) is 65.2 Å². The Balaban J connectivity index is 2.51. The van der Waals surface area contributed by atoms with Crippen molar-refractivity contribution in [1.82, 2.24) is 4.90 Å². The van der Waals surface area contributed by atoms with Gasteiger partial charge < -0.3 is 4.90 Å². The largest absolute Gasteiger partial charge is 0.303 e. The van der Waals surface area contributed by atoms with Crippen LogP contribution in [-0.2, 0) is 0 Å². The average molecular weight is 257 g/mol. The summed E-state index contributed by atoms with van der Waals surface area (Å²) in [6.07, 6.45) is 11.2. The lowest BCUT2D eigenvalue weighted by Crippen LogP contribution is -2.39. The summed E-state index contributed by atoms with van der Waals surface area (Å²) < 4.78 is 0. The molecule has 1 fully saturated rings. The summed E-state index contributed by atoms with van der Waals surface area (Å²) in [4.78, 5) is 2.66. The quantitative estimate of drug-likeness (QED) is 0.523. The maximum atomic E-state index is 4.67. The van der Waals surface area contributed by atoms with Crippen molar-refractivity contribution in [3.8, 4) is 0 Å². The molecule has 1 nitrogen and oxygen atoms in total. The molecule has 0 radical (unpaired) electrons. The van der Waals surface area contributed by atoms with Crippen molar-refractivity contribution in [1.29, 1.82) is 0 Å². The molecule has 0 saturated heterocycles. The molecule has 0 bridgehead atoms. The van der Waals surface area contributed by atoms with Gasteiger partial charge in [0.25, 0.3) is 0 Å². The lowest BCUT2D eigenvalue weighted by Gasteiger charge is -2.36. The number of rotatable bonds is 7. The Kier molecular flexibility index (Phi) is 7.61. The number of hydrogen-bond acceptors (Lipinski definition) is 2. The number of nitrogens with zero attached hydrogens (tertiary/aromatic N) is 1. The third-order valence-electron chi connectivity index (χ3n) is 4.33. The van der Waals surface area contributed by atoms with Gasteiger partial charge in [-0.05, 0) is 43.5 Å². The summed E-state index contributed by atoms with van der Waals surface area (Å²) in [6, 6.07) is 0. The summed E-state index contributed by atoms with van der Waals surface area (Å²) in [5, 5.41) is 0. The van der Waals surface area contributed by atoms with Gasteiger partial charge in [-0.3, -0.25) is 0 Å². The van der Waals surface area contributed by atoms with E-state index >= 15 is 0 Å². The molecule has 0 atom stereocenters. The standard InChI is InChI=1S/C15H31NS/c1-3-5-12-16(4-2)13-15(14-17)10-8-6-7-9-11-15/h17H,3-14H2,1-2H3. The number of unbranched alkanes of at least 4 members (excludes halogenated alkanes) is 1. The zero-order valence-corrected chi connectivity index (χ0v) is 12.8. The van der Waals surface area contributed by atoms with E-state index in [-0.39, 0.29) is 0 Å². The van der Waals surface area contributed by atoms with Gasteiger partial charge in [-0.2, -0.15) is 12.6 Å². The van der Waals surface area contributed by atoms with Crippen LogP contribution in [0, 0.1) is 5.41 Å². The maximum absolute atomic E-state index is 4.67. The van der Waals surface area contributed by atoms with E-state index in [2.05, 4.69) is 31.4 Å². The first-order chi connectivity index (χ1) is 8.26. The van der Waals surface area contributed by atoms with E-state index in [1.165, 1.54) is 71.0 Å². The van der Waals surface area contributed by atoms with Crippen molar-refractivity contribution in [2.24, 2.45) is 5.41 Å². The normalized spacial score (nSPS) is 20.5. The highest BCUT2D eigenvalue weighted by Gasteiger charge is 2.31. The summed E-state index contributed by atoms with van der Waals surface area (Å²) in [7, 11) is 0. The molecule has 0 N–H and O–H groups in total. The zero-order chi connectivity index (χ0) is 12.6. The van der Waals surface area contributed by atoms with E-state index in [0.717, 1.165) is 5.75 Å². The second-order valence-electron chi connectivity index (χ2n) is 5.79. The molecule has 0 heterocycles. The van der Waals surface area contributed by atoms with Gasteiger partial charge in [-0.1, -0.05) is 46.0 Å². The number of hydrogen-bond donors (Lipinski definition) is 1. The van der Waals surface area contributed by atoms with Crippen molar-refractivity contribution < 1.29 is 0 Å². The molecule has 1 rings (SSSR count). The second kappa shape index (κ2) is 8.42. The first-order valence-electron chi connectivity index (χ1n) is 7.59. The van der Waals surface area contributed by atoms with E-state index in [9.17, 15) is 0 Å². The second-order valence-corrected chi connectivity index (χ2v) is 6.11. The van der Waals surface area contributed by atoms with Crippen molar-refractivity contribution in [2.75, 3.05) is 25.4 Å². The molecule has 0 aliphatic heterocycles. The topological polar surface area (TPSA) is 3.24 Å². The molecule has 1 aliphatic carbocycles. The van der Waals surface area contributed by atoms with Gasteiger partial charge in [0.2, 0.25) is 0 Å². The molecule has 1 saturated carbocycles. The van der Waals surface area contributed by atoms with Gasteiger partial charge in [0, 0.05) is 6.54 Å². The van der Waals surface area contributed by atoms with E-state index in [4.69, 9.17) is 0 Å². The van der Waals surface area contributed by atoms with E-state index in [1.807, 2.05) is 0 Å². The van der Waals surface area contributed by atoms with Gasteiger partial charge in [0.05, 0.1) is 0 Å². The molecule has 0 aromatic carbocycles. The van der Waals surface area contributed by atoms with Crippen LogP contribution >= 0.6 is 12.6 Å².